The van der Waals surface area contributed by atoms with E-state index in [9.17, 15) is 38.7 Å². The molecule has 10 atom stereocenters. The van der Waals surface area contributed by atoms with Gasteiger partial charge in [-0.05, 0) is 70.6 Å². The number of hydrogen-bond donors (Lipinski definition) is 5. The summed E-state index contributed by atoms with van der Waals surface area (Å²) in [5, 5.41) is 19.7. The van der Waals surface area contributed by atoms with Crippen molar-refractivity contribution in [3.63, 3.8) is 0 Å². The van der Waals surface area contributed by atoms with Crippen molar-refractivity contribution in [2.45, 2.75) is 136 Å². The van der Waals surface area contributed by atoms with Crippen LogP contribution >= 0.6 is 11.6 Å². The standard InChI is InChI=1S/C46H67ClN6O12/c1-24(2)31(41(57)50-32(29(7)54)16-13-17-49-43(48)59)21-37(55)52(9)28(6)42(58)64-36-22-38(56)53(10)33-19-30(20-34(62-11)39(33)47)18-25(3)14-12-15-26(4)46(61)23-35(63-44(60)51-46)27(5)40-45(36,8)65-40/h12,14-15,19-20,24,26-28,31-32,35-36,40,61H,13,16-18,21-23H2,1-11H3,(H,50,57)(H,51,60)(H3,48,49,59)/b15-12+,25-14+/t26?,27?,28-,31-,32-,35?,36?,40?,45?,46?/m0/s1. The van der Waals surface area contributed by atoms with Crippen LogP contribution in [0.3, 0.4) is 0 Å². The summed E-state index contributed by atoms with van der Waals surface area (Å²) in [6, 6.07) is 0.785. The predicted octanol–water partition coefficient (Wildman–Crippen LogP) is 4.32. The Morgan fingerprint density at radius 2 is 1.83 bits per heavy atom. The van der Waals surface area contributed by atoms with E-state index in [1.54, 1.807) is 59.9 Å². The fourth-order valence-corrected chi connectivity index (χ4v) is 8.57. The number of benzene rings is 1. The van der Waals surface area contributed by atoms with E-state index in [1.807, 2.05) is 19.1 Å². The number of ketones is 1. The van der Waals surface area contributed by atoms with Gasteiger partial charge in [-0.15, -0.1) is 0 Å². The van der Waals surface area contributed by atoms with Gasteiger partial charge in [0.2, 0.25) is 17.7 Å². The molecule has 0 spiro atoms. The highest BCUT2D eigenvalue weighted by Gasteiger charge is 2.64. The number of methoxy groups -OCH3 is 1. The summed E-state index contributed by atoms with van der Waals surface area (Å²) in [5.41, 5.74) is 4.22. The predicted molar refractivity (Wildman–Crippen MR) is 242 cm³/mol. The number of aliphatic hydroxyl groups is 1. The van der Waals surface area contributed by atoms with E-state index in [0.29, 0.717) is 24.3 Å². The lowest BCUT2D eigenvalue weighted by molar-refractivity contribution is -0.162. The van der Waals surface area contributed by atoms with Crippen molar-refractivity contribution in [1.29, 1.82) is 0 Å². The van der Waals surface area contributed by atoms with Gasteiger partial charge in [-0.1, -0.05) is 63.1 Å². The number of nitrogens with zero attached hydrogens (tertiary/aromatic N) is 2. The Balaban J connectivity index is 1.62. The minimum absolute atomic E-state index is 0.00345. The number of Topliss-reactive ketones (excluding diaryl/α,β-unsaturated/α-hetero) is 1. The van der Waals surface area contributed by atoms with Crippen LogP contribution in [0, 0.1) is 23.7 Å². The molecule has 3 aliphatic heterocycles. The minimum Gasteiger partial charge on any atom is -0.495 e. The first kappa shape index (κ1) is 52.4. The van der Waals surface area contributed by atoms with Crippen LogP contribution in [0.4, 0.5) is 15.3 Å². The highest BCUT2D eigenvalue weighted by atomic mass is 35.5. The molecule has 18 nitrogen and oxygen atoms in total. The minimum atomic E-state index is -1.68. The van der Waals surface area contributed by atoms with Crippen LogP contribution < -0.4 is 31.3 Å². The van der Waals surface area contributed by atoms with E-state index < -0.39 is 102 Å². The molecule has 1 aromatic carbocycles. The molecule has 3 aliphatic rings. The topological polar surface area (TPSA) is 249 Å². The lowest BCUT2D eigenvalue weighted by Gasteiger charge is -2.41. The van der Waals surface area contributed by atoms with Crippen LogP contribution in [0.2, 0.25) is 5.02 Å². The number of urea groups is 1. The number of anilines is 1. The monoisotopic (exact) mass is 930 g/mol. The van der Waals surface area contributed by atoms with Gasteiger partial charge in [-0.2, -0.15) is 0 Å². The van der Waals surface area contributed by atoms with E-state index in [2.05, 4.69) is 16.0 Å². The molecule has 2 fully saturated rings. The van der Waals surface area contributed by atoms with Crippen LogP contribution in [0.5, 0.6) is 5.75 Å². The second kappa shape index (κ2) is 21.9. The fourth-order valence-electron chi connectivity index (χ4n) is 8.26. The van der Waals surface area contributed by atoms with Crippen LogP contribution in [0.15, 0.2) is 35.9 Å². The molecule has 7 unspecified atom stereocenters. The van der Waals surface area contributed by atoms with Gasteiger partial charge < -0.3 is 50.2 Å². The zero-order valence-corrected chi connectivity index (χ0v) is 40.1. The number of rotatable bonds is 14. The Hall–Kier alpha value is -5.20. The molecule has 1 aromatic rings. The fraction of sp³-hybridized carbons (Fsp3) is 0.630. The first-order valence-electron chi connectivity index (χ1n) is 22.0. The molecule has 65 heavy (non-hydrogen) atoms. The van der Waals surface area contributed by atoms with Crippen molar-refractivity contribution in [1.82, 2.24) is 20.9 Å². The lowest BCUT2D eigenvalue weighted by atomic mass is 9.82. The maximum atomic E-state index is 14.3. The summed E-state index contributed by atoms with van der Waals surface area (Å²) in [4.78, 5) is 94.7. The van der Waals surface area contributed by atoms with Crippen molar-refractivity contribution >= 4 is 58.9 Å². The largest absolute Gasteiger partial charge is 0.495 e. The Morgan fingerprint density at radius 1 is 1.15 bits per heavy atom. The highest BCUT2D eigenvalue weighted by Crippen LogP contribution is 2.49. The number of likely N-dealkylation sites (N-methyl/N-ethyl adjacent to an activating group) is 1. The van der Waals surface area contributed by atoms with Gasteiger partial charge in [0.25, 0.3) is 0 Å². The first-order valence-corrected chi connectivity index (χ1v) is 22.4. The van der Waals surface area contributed by atoms with Crippen molar-refractivity contribution < 1.29 is 57.6 Å². The number of esters is 1. The number of allylic oxidation sites excluding steroid dienone is 3. The zero-order valence-electron chi connectivity index (χ0n) is 39.3. The number of alkyl carbamates (subject to hydrolysis) is 1. The van der Waals surface area contributed by atoms with Crippen LogP contribution in [0.25, 0.3) is 0 Å². The third kappa shape index (κ3) is 13.0. The molecule has 6 N–H and O–H groups in total. The number of epoxide rings is 1. The first-order chi connectivity index (χ1) is 30.3. The summed E-state index contributed by atoms with van der Waals surface area (Å²) < 4.78 is 23.7. The van der Waals surface area contributed by atoms with Gasteiger partial charge >= 0.3 is 18.1 Å². The number of amides is 6. The highest BCUT2D eigenvalue weighted by molar-refractivity contribution is 6.35. The van der Waals surface area contributed by atoms with E-state index in [4.69, 9.17) is 36.3 Å². The summed E-state index contributed by atoms with van der Waals surface area (Å²) in [5.74, 6) is -4.70. The number of fused-ring (bicyclic) bond motifs is 5. The Bertz CT molecular complexity index is 2050. The average molecular weight is 932 g/mol. The average Bonchev–Trinajstić information content (AvgIpc) is 3.93. The molecular formula is C46H67ClN6O12. The summed E-state index contributed by atoms with van der Waals surface area (Å²) in [6.45, 7) is 13.7. The number of halogens is 1. The van der Waals surface area contributed by atoms with Gasteiger partial charge in [0.1, 0.15) is 40.3 Å². The van der Waals surface area contributed by atoms with Gasteiger partial charge in [-0.3, -0.25) is 24.5 Å². The lowest BCUT2D eigenvalue weighted by Crippen LogP contribution is -2.60. The molecule has 0 aliphatic carbocycles. The smallest absolute Gasteiger partial charge is 0.409 e. The van der Waals surface area contributed by atoms with Crippen molar-refractivity contribution in [3.05, 3.63) is 46.5 Å². The number of hydrogen-bond acceptors (Lipinski definition) is 12. The van der Waals surface area contributed by atoms with Gasteiger partial charge in [0.05, 0.1) is 31.4 Å². The van der Waals surface area contributed by atoms with E-state index in [1.165, 1.54) is 32.9 Å². The molecule has 4 bridgehead atoms. The zero-order chi connectivity index (χ0) is 48.7. The summed E-state index contributed by atoms with van der Waals surface area (Å²) >= 11 is 6.80. The molecule has 3 heterocycles. The molecule has 2 saturated heterocycles. The Morgan fingerprint density at radius 3 is 2.45 bits per heavy atom. The second-order valence-electron chi connectivity index (χ2n) is 18.2. The summed E-state index contributed by atoms with van der Waals surface area (Å²) in [7, 11) is 4.42. The molecule has 4 rings (SSSR count). The van der Waals surface area contributed by atoms with Gasteiger partial charge in [-0.25, -0.2) is 14.4 Å². The molecule has 6 amide bonds. The van der Waals surface area contributed by atoms with Crippen LogP contribution in [-0.4, -0.2) is 121 Å². The molecule has 0 radical (unpaired) electrons. The molecular weight excluding hydrogens is 864 g/mol. The Labute approximate surface area is 386 Å². The molecule has 360 valence electrons. The van der Waals surface area contributed by atoms with Crippen LogP contribution in [-0.2, 0) is 44.6 Å². The van der Waals surface area contributed by atoms with Crippen LogP contribution in [0.1, 0.15) is 93.1 Å². The molecule has 0 aromatic heterocycles. The van der Waals surface area contributed by atoms with Crippen molar-refractivity contribution in [2.75, 3.05) is 32.6 Å². The van der Waals surface area contributed by atoms with Crippen molar-refractivity contribution in [3.8, 4) is 5.75 Å². The number of nitrogens with one attached hydrogen (secondary N) is 3. The number of carbonyl (C=O) groups is 7. The number of primary amides is 1. The maximum absolute atomic E-state index is 14.3. The second-order valence-corrected chi connectivity index (χ2v) is 18.6. The molecule has 0 saturated carbocycles. The third-order valence-corrected chi connectivity index (χ3v) is 13.4. The van der Waals surface area contributed by atoms with E-state index >= 15 is 0 Å². The molecule has 19 heteroatoms. The van der Waals surface area contributed by atoms with E-state index in [0.717, 1.165) is 16.0 Å². The number of ether oxygens (including phenoxy) is 4. The SMILES string of the molecule is COc1cc2cc(c1Cl)N(C)C(=O)CC(OC(=O)[C@H](C)N(C)C(=O)C[C@H](C(=O)N[C@@H](CCCNC(N)=O)C(C)=O)C(C)C)C1(C)OC1C(C)C1CC(O)(NC(=O)O1)C(C)/C=C/C=C(\C)C2. The van der Waals surface area contributed by atoms with Crippen molar-refractivity contribution in [2.24, 2.45) is 29.4 Å². The van der Waals surface area contributed by atoms with Gasteiger partial charge in [0.15, 0.2) is 5.78 Å². The third-order valence-electron chi connectivity index (χ3n) is 13.0. The normalized spacial score (nSPS) is 28.4. The number of nitrogens with two attached hydrogens (primary N) is 1. The van der Waals surface area contributed by atoms with Gasteiger partial charge in [0, 0.05) is 51.2 Å². The van der Waals surface area contributed by atoms with E-state index in [-0.39, 0.29) is 42.5 Å². The maximum Gasteiger partial charge on any atom is 0.409 e. The Kier molecular flexibility index (Phi) is 17.6. The number of carbonyl (C=O) groups excluding carboxylic acids is 7. The summed E-state index contributed by atoms with van der Waals surface area (Å²) in [6.07, 6.45) is 2.25. The quantitative estimate of drug-likeness (QED) is 0.0995.